The number of rotatable bonds is 3. The predicted octanol–water partition coefficient (Wildman–Crippen LogP) is 2.42. The quantitative estimate of drug-likeness (QED) is 0.907. The van der Waals surface area contributed by atoms with Crippen LogP contribution in [0.15, 0.2) is 30.3 Å². The molecule has 0 bridgehead atoms. The van der Waals surface area contributed by atoms with E-state index in [9.17, 15) is 9.59 Å². The van der Waals surface area contributed by atoms with Gasteiger partial charge in [0, 0.05) is 17.9 Å². The van der Waals surface area contributed by atoms with Gasteiger partial charge in [-0.05, 0) is 24.8 Å². The molecule has 2 aliphatic rings. The van der Waals surface area contributed by atoms with Crippen LogP contribution in [-0.2, 0) is 16.1 Å². The first-order chi connectivity index (χ1) is 9.18. The summed E-state index contributed by atoms with van der Waals surface area (Å²) >= 11 is 0. The number of carbonyl (C=O) groups excluding carboxylic acids is 2. The molecule has 19 heavy (non-hydrogen) atoms. The fourth-order valence-electron chi connectivity index (χ4n) is 2.93. The Morgan fingerprint density at radius 1 is 1.32 bits per heavy atom. The van der Waals surface area contributed by atoms with Crippen LogP contribution in [0, 0.1) is 5.41 Å². The average Bonchev–Trinajstić information content (AvgIpc) is 2.39. The second-order valence-electron chi connectivity index (χ2n) is 5.51. The number of Topliss-reactive ketones (excluding diaryl/α,β-unsaturated/α-hetero) is 1. The van der Waals surface area contributed by atoms with E-state index in [0.29, 0.717) is 12.2 Å². The van der Waals surface area contributed by atoms with Gasteiger partial charge in [-0.2, -0.15) is 0 Å². The highest BCUT2D eigenvalue weighted by Gasteiger charge is 2.55. The Balaban J connectivity index is 1.40. The first-order valence-electron chi connectivity index (χ1n) is 6.68. The molecule has 0 saturated heterocycles. The molecule has 0 radical (unpaired) electrons. The number of alkyl carbamates (subject to hydrolysis) is 1. The molecule has 0 atom stereocenters. The molecule has 1 N–H and O–H groups in total. The van der Waals surface area contributed by atoms with Gasteiger partial charge in [-0.1, -0.05) is 30.3 Å². The van der Waals surface area contributed by atoms with E-state index >= 15 is 0 Å². The SMILES string of the molecule is O=C(NC1CC2(CCC2=O)C1)OCc1ccccc1. The number of hydrogen-bond acceptors (Lipinski definition) is 3. The van der Waals surface area contributed by atoms with E-state index in [0.717, 1.165) is 24.8 Å². The smallest absolute Gasteiger partial charge is 0.407 e. The number of ketones is 1. The van der Waals surface area contributed by atoms with E-state index in [1.54, 1.807) is 0 Å². The zero-order chi connectivity index (χ0) is 13.3. The van der Waals surface area contributed by atoms with Crippen molar-refractivity contribution in [2.75, 3.05) is 0 Å². The molecule has 2 saturated carbocycles. The van der Waals surface area contributed by atoms with Crippen LogP contribution in [0.25, 0.3) is 0 Å². The highest BCUT2D eigenvalue weighted by molar-refractivity contribution is 5.91. The van der Waals surface area contributed by atoms with Crippen molar-refractivity contribution >= 4 is 11.9 Å². The number of ether oxygens (including phenoxy) is 1. The first kappa shape index (κ1) is 12.2. The van der Waals surface area contributed by atoms with Crippen molar-refractivity contribution in [3.05, 3.63) is 35.9 Å². The van der Waals surface area contributed by atoms with Crippen molar-refractivity contribution in [3.8, 4) is 0 Å². The topological polar surface area (TPSA) is 55.4 Å². The van der Waals surface area contributed by atoms with Crippen molar-refractivity contribution in [1.29, 1.82) is 0 Å². The summed E-state index contributed by atoms with van der Waals surface area (Å²) in [6, 6.07) is 9.68. The fourth-order valence-corrected chi connectivity index (χ4v) is 2.93. The van der Waals surface area contributed by atoms with E-state index in [2.05, 4.69) is 5.32 Å². The predicted molar refractivity (Wildman–Crippen MR) is 69.5 cm³/mol. The maximum atomic E-state index is 11.6. The molecule has 4 nitrogen and oxygen atoms in total. The molecule has 4 heteroatoms. The maximum Gasteiger partial charge on any atom is 0.407 e. The van der Waals surface area contributed by atoms with E-state index in [-0.39, 0.29) is 18.1 Å². The molecule has 0 heterocycles. The van der Waals surface area contributed by atoms with E-state index in [4.69, 9.17) is 4.74 Å². The largest absolute Gasteiger partial charge is 0.445 e. The van der Waals surface area contributed by atoms with Crippen LogP contribution < -0.4 is 5.32 Å². The van der Waals surface area contributed by atoms with Crippen molar-refractivity contribution < 1.29 is 14.3 Å². The normalized spacial score (nSPS) is 28.4. The van der Waals surface area contributed by atoms with Crippen molar-refractivity contribution in [2.24, 2.45) is 5.41 Å². The Morgan fingerprint density at radius 3 is 2.63 bits per heavy atom. The Labute approximate surface area is 112 Å². The number of nitrogens with one attached hydrogen (secondary N) is 1. The van der Waals surface area contributed by atoms with Crippen LogP contribution >= 0.6 is 0 Å². The summed E-state index contributed by atoms with van der Waals surface area (Å²) in [5.74, 6) is 0.364. The van der Waals surface area contributed by atoms with Crippen LogP contribution in [0.5, 0.6) is 0 Å². The number of amides is 1. The average molecular weight is 259 g/mol. The molecule has 2 aliphatic carbocycles. The van der Waals surface area contributed by atoms with Gasteiger partial charge >= 0.3 is 6.09 Å². The number of carbonyl (C=O) groups is 2. The highest BCUT2D eigenvalue weighted by Crippen LogP contribution is 2.53. The minimum Gasteiger partial charge on any atom is -0.445 e. The second kappa shape index (κ2) is 4.68. The summed E-state index contributed by atoms with van der Waals surface area (Å²) in [5, 5.41) is 2.82. The minimum atomic E-state index is -0.393. The molecule has 1 spiro atoms. The third-order valence-corrected chi connectivity index (χ3v) is 4.23. The van der Waals surface area contributed by atoms with Gasteiger partial charge in [-0.25, -0.2) is 4.79 Å². The van der Waals surface area contributed by atoms with Crippen molar-refractivity contribution in [2.45, 2.75) is 38.3 Å². The Morgan fingerprint density at radius 2 is 2.05 bits per heavy atom. The molecule has 0 unspecified atom stereocenters. The van der Waals surface area contributed by atoms with E-state index < -0.39 is 6.09 Å². The van der Waals surface area contributed by atoms with Crippen LogP contribution in [0.2, 0.25) is 0 Å². The van der Waals surface area contributed by atoms with Crippen LogP contribution in [0.3, 0.4) is 0 Å². The molecule has 1 aromatic rings. The number of hydrogen-bond donors (Lipinski definition) is 1. The third-order valence-electron chi connectivity index (χ3n) is 4.23. The van der Waals surface area contributed by atoms with Gasteiger partial charge in [0.2, 0.25) is 0 Å². The summed E-state index contributed by atoms with van der Waals surface area (Å²) in [6.45, 7) is 0.281. The lowest BCUT2D eigenvalue weighted by atomic mass is 9.53. The summed E-state index contributed by atoms with van der Waals surface area (Å²) < 4.78 is 5.15. The highest BCUT2D eigenvalue weighted by atomic mass is 16.5. The molecule has 100 valence electrons. The number of benzene rings is 1. The van der Waals surface area contributed by atoms with Crippen LogP contribution in [0.4, 0.5) is 4.79 Å². The lowest BCUT2D eigenvalue weighted by Crippen LogP contribution is -2.58. The Bertz CT molecular complexity index is 491. The van der Waals surface area contributed by atoms with E-state index in [1.165, 1.54) is 0 Å². The molecule has 3 rings (SSSR count). The molecule has 0 aliphatic heterocycles. The van der Waals surface area contributed by atoms with Gasteiger partial charge in [0.25, 0.3) is 0 Å². The van der Waals surface area contributed by atoms with Crippen LogP contribution in [0.1, 0.15) is 31.2 Å². The molecule has 1 aromatic carbocycles. The lowest BCUT2D eigenvalue weighted by Gasteiger charge is -2.52. The standard InChI is InChI=1S/C15H17NO3/c17-13-6-7-15(13)8-12(9-15)16-14(18)19-10-11-4-2-1-3-5-11/h1-5,12H,6-10H2,(H,16,18). The van der Waals surface area contributed by atoms with Crippen molar-refractivity contribution in [3.63, 3.8) is 0 Å². The molecular weight excluding hydrogens is 242 g/mol. The fraction of sp³-hybridized carbons (Fsp3) is 0.467. The van der Waals surface area contributed by atoms with Crippen LogP contribution in [-0.4, -0.2) is 17.9 Å². The van der Waals surface area contributed by atoms with Crippen molar-refractivity contribution in [1.82, 2.24) is 5.32 Å². The third kappa shape index (κ3) is 2.35. The minimum absolute atomic E-state index is 0.0859. The van der Waals surface area contributed by atoms with Gasteiger partial charge in [0.15, 0.2) is 0 Å². The van der Waals surface area contributed by atoms with Gasteiger partial charge < -0.3 is 10.1 Å². The Hall–Kier alpha value is -1.84. The Kier molecular flexibility index (Phi) is 3.01. The molecular formula is C15H17NO3. The first-order valence-corrected chi connectivity index (χ1v) is 6.68. The molecule has 1 amide bonds. The molecule has 2 fully saturated rings. The second-order valence-corrected chi connectivity index (χ2v) is 5.51. The van der Waals surface area contributed by atoms with E-state index in [1.807, 2.05) is 30.3 Å². The zero-order valence-electron chi connectivity index (χ0n) is 10.7. The zero-order valence-corrected chi connectivity index (χ0v) is 10.7. The summed E-state index contributed by atoms with van der Waals surface area (Å²) in [6.07, 6.45) is 2.88. The maximum absolute atomic E-state index is 11.6. The lowest BCUT2D eigenvalue weighted by molar-refractivity contribution is -0.147. The summed E-state index contributed by atoms with van der Waals surface area (Å²) in [4.78, 5) is 23.0. The molecule has 0 aromatic heterocycles. The summed E-state index contributed by atoms with van der Waals surface area (Å²) in [7, 11) is 0. The van der Waals surface area contributed by atoms with Gasteiger partial charge in [0.1, 0.15) is 12.4 Å². The van der Waals surface area contributed by atoms with Gasteiger partial charge in [-0.15, -0.1) is 0 Å². The monoisotopic (exact) mass is 259 g/mol. The van der Waals surface area contributed by atoms with Gasteiger partial charge in [-0.3, -0.25) is 4.79 Å². The summed E-state index contributed by atoms with van der Waals surface area (Å²) in [5.41, 5.74) is 0.883. The van der Waals surface area contributed by atoms with Gasteiger partial charge in [0.05, 0.1) is 0 Å².